The van der Waals surface area contributed by atoms with E-state index in [4.69, 9.17) is 0 Å². The Morgan fingerprint density at radius 3 is 2.85 bits per heavy atom. The molecule has 0 saturated carbocycles. The molecule has 108 valence electrons. The number of likely N-dealkylation sites (N-methyl/N-ethyl adjacent to an activating group) is 1. The van der Waals surface area contributed by atoms with E-state index in [0.717, 1.165) is 11.3 Å². The van der Waals surface area contributed by atoms with Gasteiger partial charge < -0.3 is 15.5 Å². The van der Waals surface area contributed by atoms with Crippen LogP contribution in [0.25, 0.3) is 0 Å². The van der Waals surface area contributed by atoms with Gasteiger partial charge in [-0.1, -0.05) is 18.2 Å². The van der Waals surface area contributed by atoms with Crippen LogP contribution in [0.3, 0.4) is 0 Å². The van der Waals surface area contributed by atoms with E-state index in [1.165, 1.54) is 0 Å². The van der Waals surface area contributed by atoms with Gasteiger partial charge in [-0.05, 0) is 25.5 Å². The third kappa shape index (κ3) is 2.76. The van der Waals surface area contributed by atoms with E-state index in [-0.39, 0.29) is 17.7 Å². The van der Waals surface area contributed by atoms with Crippen LogP contribution < -0.4 is 10.6 Å². The lowest BCUT2D eigenvalue weighted by Crippen LogP contribution is -2.47. The number of benzene rings is 1. The second kappa shape index (κ2) is 5.94. The molecule has 0 bridgehead atoms. The molecule has 2 unspecified atom stereocenters. The molecule has 2 amide bonds. The van der Waals surface area contributed by atoms with Crippen LogP contribution in [-0.4, -0.2) is 42.9 Å². The number of rotatable bonds is 4. The fourth-order valence-corrected chi connectivity index (χ4v) is 2.38. The molecule has 0 saturated heterocycles. The molecule has 2 N–H and O–H groups in total. The van der Waals surface area contributed by atoms with Crippen molar-refractivity contribution in [3.63, 3.8) is 0 Å². The first-order chi connectivity index (χ1) is 9.54. The van der Waals surface area contributed by atoms with E-state index in [1.807, 2.05) is 31.2 Å². The zero-order valence-electron chi connectivity index (χ0n) is 12.1. The van der Waals surface area contributed by atoms with E-state index in [9.17, 15) is 9.59 Å². The molecular weight excluding hydrogens is 254 g/mol. The van der Waals surface area contributed by atoms with Gasteiger partial charge in [0, 0.05) is 25.8 Å². The summed E-state index contributed by atoms with van der Waals surface area (Å²) in [7, 11) is 1.73. The summed E-state index contributed by atoms with van der Waals surface area (Å²) in [4.78, 5) is 25.9. The van der Waals surface area contributed by atoms with Crippen LogP contribution in [0.4, 0.5) is 5.69 Å². The summed E-state index contributed by atoms with van der Waals surface area (Å²) in [6.45, 7) is 4.84. The molecular formula is C15H21N3O2. The number of carbonyl (C=O) groups excluding carboxylic acids is 2. The second-order valence-electron chi connectivity index (χ2n) is 5.10. The molecule has 0 fully saturated rings. The van der Waals surface area contributed by atoms with Crippen molar-refractivity contribution in [3.05, 3.63) is 29.8 Å². The predicted molar refractivity (Wildman–Crippen MR) is 78.6 cm³/mol. The molecule has 0 spiro atoms. The van der Waals surface area contributed by atoms with Crippen molar-refractivity contribution in [3.8, 4) is 0 Å². The van der Waals surface area contributed by atoms with Gasteiger partial charge >= 0.3 is 0 Å². The molecule has 0 aliphatic carbocycles. The summed E-state index contributed by atoms with van der Waals surface area (Å²) < 4.78 is 0. The van der Waals surface area contributed by atoms with E-state index in [2.05, 4.69) is 10.6 Å². The average Bonchev–Trinajstić information content (AvgIpc) is 2.89. The summed E-state index contributed by atoms with van der Waals surface area (Å²) in [5, 5.41) is 6.02. The third-order valence-corrected chi connectivity index (χ3v) is 3.73. The maximum absolute atomic E-state index is 12.3. The maximum atomic E-state index is 12.3. The predicted octanol–water partition coefficient (Wildman–Crippen LogP) is 1.18. The molecule has 2 atom stereocenters. The molecule has 0 radical (unpaired) electrons. The number of para-hydroxylation sites is 1. The Bertz CT molecular complexity index is 516. The maximum Gasteiger partial charge on any atom is 0.244 e. The van der Waals surface area contributed by atoms with Crippen molar-refractivity contribution in [1.29, 1.82) is 0 Å². The summed E-state index contributed by atoms with van der Waals surface area (Å²) >= 11 is 0. The van der Waals surface area contributed by atoms with E-state index >= 15 is 0 Å². The Morgan fingerprint density at radius 2 is 2.15 bits per heavy atom. The summed E-state index contributed by atoms with van der Waals surface area (Å²) in [6.07, 6.45) is 0. The molecule has 2 rings (SSSR count). The number of hydrogen-bond acceptors (Lipinski definition) is 3. The van der Waals surface area contributed by atoms with Crippen molar-refractivity contribution in [1.82, 2.24) is 10.2 Å². The van der Waals surface area contributed by atoms with Crippen LogP contribution in [0.1, 0.15) is 25.3 Å². The Morgan fingerprint density at radius 1 is 1.45 bits per heavy atom. The van der Waals surface area contributed by atoms with Gasteiger partial charge in [0.25, 0.3) is 0 Å². The SMILES string of the molecule is CCN(C)C(=O)C(C)NC(=O)C1CNc2ccccc21. The lowest BCUT2D eigenvalue weighted by molar-refractivity contribution is -0.135. The lowest BCUT2D eigenvalue weighted by atomic mass is 10.0. The highest BCUT2D eigenvalue weighted by Gasteiger charge is 2.30. The Labute approximate surface area is 119 Å². The van der Waals surface area contributed by atoms with Gasteiger partial charge in [-0.2, -0.15) is 0 Å². The highest BCUT2D eigenvalue weighted by Crippen LogP contribution is 2.31. The van der Waals surface area contributed by atoms with Gasteiger partial charge in [0.2, 0.25) is 11.8 Å². The molecule has 5 nitrogen and oxygen atoms in total. The topological polar surface area (TPSA) is 61.4 Å². The number of nitrogens with zero attached hydrogens (tertiary/aromatic N) is 1. The van der Waals surface area contributed by atoms with Crippen molar-refractivity contribution in [2.24, 2.45) is 0 Å². The zero-order valence-corrected chi connectivity index (χ0v) is 12.1. The normalized spacial score (nSPS) is 17.9. The van der Waals surface area contributed by atoms with Crippen molar-refractivity contribution in [2.45, 2.75) is 25.8 Å². The van der Waals surface area contributed by atoms with Crippen LogP contribution in [0.5, 0.6) is 0 Å². The smallest absolute Gasteiger partial charge is 0.244 e. The molecule has 1 heterocycles. The van der Waals surface area contributed by atoms with E-state index < -0.39 is 6.04 Å². The monoisotopic (exact) mass is 275 g/mol. The highest BCUT2D eigenvalue weighted by atomic mass is 16.2. The van der Waals surface area contributed by atoms with Crippen LogP contribution in [0.15, 0.2) is 24.3 Å². The molecule has 5 heteroatoms. The van der Waals surface area contributed by atoms with E-state index in [0.29, 0.717) is 13.1 Å². The minimum Gasteiger partial charge on any atom is -0.384 e. The first kappa shape index (κ1) is 14.4. The molecule has 1 aliphatic rings. The molecule has 1 aromatic rings. The average molecular weight is 275 g/mol. The summed E-state index contributed by atoms with van der Waals surface area (Å²) in [5.41, 5.74) is 1.99. The third-order valence-electron chi connectivity index (χ3n) is 3.73. The number of amides is 2. The van der Waals surface area contributed by atoms with Crippen molar-refractivity contribution < 1.29 is 9.59 Å². The summed E-state index contributed by atoms with van der Waals surface area (Å²) in [6, 6.07) is 7.27. The van der Waals surface area contributed by atoms with E-state index in [1.54, 1.807) is 18.9 Å². The standard InChI is InChI=1S/C15H21N3O2/c1-4-18(3)15(20)10(2)17-14(19)12-9-16-13-8-6-5-7-11(12)13/h5-8,10,12,16H,4,9H2,1-3H3,(H,17,19). The van der Waals surface area contributed by atoms with Gasteiger partial charge in [-0.25, -0.2) is 0 Å². The molecule has 1 aromatic carbocycles. The zero-order chi connectivity index (χ0) is 14.7. The van der Waals surface area contributed by atoms with Crippen LogP contribution in [-0.2, 0) is 9.59 Å². The number of anilines is 1. The lowest BCUT2D eigenvalue weighted by Gasteiger charge is -2.22. The van der Waals surface area contributed by atoms with Gasteiger partial charge in [-0.3, -0.25) is 9.59 Å². The Kier molecular flexibility index (Phi) is 4.27. The number of nitrogens with one attached hydrogen (secondary N) is 2. The van der Waals surface area contributed by atoms with Gasteiger partial charge in [-0.15, -0.1) is 0 Å². The summed E-state index contributed by atoms with van der Waals surface area (Å²) in [5.74, 6) is -0.402. The number of hydrogen-bond donors (Lipinski definition) is 2. The van der Waals surface area contributed by atoms with Crippen LogP contribution >= 0.6 is 0 Å². The molecule has 1 aliphatic heterocycles. The second-order valence-corrected chi connectivity index (χ2v) is 5.10. The van der Waals surface area contributed by atoms with Crippen molar-refractivity contribution >= 4 is 17.5 Å². The van der Waals surface area contributed by atoms with Crippen molar-refractivity contribution in [2.75, 3.05) is 25.5 Å². The minimum absolute atomic E-state index is 0.0694. The fourth-order valence-electron chi connectivity index (χ4n) is 2.38. The molecule has 0 aromatic heterocycles. The Balaban J connectivity index is 2.02. The first-order valence-electron chi connectivity index (χ1n) is 6.92. The Hall–Kier alpha value is -2.04. The molecule has 20 heavy (non-hydrogen) atoms. The van der Waals surface area contributed by atoms with Gasteiger partial charge in [0.1, 0.15) is 6.04 Å². The van der Waals surface area contributed by atoms with Gasteiger partial charge in [0.05, 0.1) is 5.92 Å². The number of carbonyl (C=O) groups is 2. The van der Waals surface area contributed by atoms with Gasteiger partial charge in [0.15, 0.2) is 0 Å². The first-order valence-corrected chi connectivity index (χ1v) is 6.92. The number of fused-ring (bicyclic) bond motifs is 1. The highest BCUT2D eigenvalue weighted by molar-refractivity contribution is 5.92. The fraction of sp³-hybridized carbons (Fsp3) is 0.467. The quantitative estimate of drug-likeness (QED) is 0.867. The minimum atomic E-state index is -0.500. The van der Waals surface area contributed by atoms with Crippen LogP contribution in [0.2, 0.25) is 0 Å². The largest absolute Gasteiger partial charge is 0.384 e. The van der Waals surface area contributed by atoms with Crippen LogP contribution in [0, 0.1) is 0 Å².